The molecule has 0 radical (unpaired) electrons. The fourth-order valence-electron chi connectivity index (χ4n) is 1.39. The number of hydrogen-bond donors (Lipinski definition) is 3. The van der Waals surface area contributed by atoms with Crippen molar-refractivity contribution in [2.75, 3.05) is 5.32 Å². The van der Waals surface area contributed by atoms with Gasteiger partial charge in [-0.2, -0.15) is 13.2 Å². The Kier molecular flexibility index (Phi) is 4.15. The van der Waals surface area contributed by atoms with E-state index in [0.29, 0.717) is 0 Å². The molecule has 0 aliphatic carbocycles. The maximum Gasteiger partial charge on any atom is 0.489 e. The van der Waals surface area contributed by atoms with E-state index in [4.69, 9.17) is 10.0 Å². The number of halogens is 3. The molecule has 0 aliphatic rings. The fourth-order valence-corrected chi connectivity index (χ4v) is 1.39. The van der Waals surface area contributed by atoms with Crippen LogP contribution in [0.5, 0.6) is 0 Å². The van der Waals surface area contributed by atoms with E-state index in [9.17, 15) is 18.0 Å². The van der Waals surface area contributed by atoms with Crippen LogP contribution in [-0.4, -0.2) is 23.1 Å². The molecule has 0 saturated heterocycles. The third-order valence-electron chi connectivity index (χ3n) is 2.10. The normalized spacial score (nSPS) is 10.9. The van der Waals surface area contributed by atoms with E-state index >= 15 is 0 Å². The summed E-state index contributed by atoms with van der Waals surface area (Å²) < 4.78 is 38.5. The summed E-state index contributed by atoms with van der Waals surface area (Å²) in [6, 6.07) is 3.09. The molecule has 8 heteroatoms. The van der Waals surface area contributed by atoms with E-state index in [1.165, 1.54) is 6.07 Å². The Morgan fingerprint density at radius 3 is 2.44 bits per heavy atom. The van der Waals surface area contributed by atoms with Gasteiger partial charge in [0.1, 0.15) is 0 Å². The number of hydrogen-bond acceptors (Lipinski definition) is 3. The van der Waals surface area contributed by atoms with Crippen LogP contribution in [0.3, 0.4) is 0 Å². The van der Waals surface area contributed by atoms with E-state index < -0.39 is 35.9 Å². The minimum absolute atomic E-state index is 0.557. The van der Waals surface area contributed by atoms with Crippen molar-refractivity contribution in [2.24, 2.45) is 0 Å². The number of carbonyl (C=O) groups is 1. The second-order valence-electron chi connectivity index (χ2n) is 3.33. The molecule has 0 fully saturated rings. The molecule has 1 rings (SSSR count). The number of carbonyl (C=O) groups excluding carboxylic acids is 1. The molecule has 0 bridgehead atoms. The second-order valence-corrected chi connectivity index (χ2v) is 3.33. The fraction of sp³-hybridized carbons (Fsp3) is 0.100. The third kappa shape index (κ3) is 3.11. The van der Waals surface area contributed by atoms with Crippen LogP contribution in [0.15, 0.2) is 30.9 Å². The lowest BCUT2D eigenvalue weighted by Gasteiger charge is -2.17. The predicted molar refractivity (Wildman–Crippen MR) is 60.1 cm³/mol. The molecule has 0 aromatic heterocycles. The number of anilines is 1. The molecule has 1 amide bonds. The van der Waals surface area contributed by atoms with Crippen LogP contribution in [0.1, 0.15) is 5.56 Å². The first-order valence-electron chi connectivity index (χ1n) is 4.77. The van der Waals surface area contributed by atoms with Crippen LogP contribution in [0.4, 0.5) is 18.9 Å². The lowest BCUT2D eigenvalue weighted by molar-refractivity contribution is -0.136. The third-order valence-corrected chi connectivity index (χ3v) is 2.10. The Morgan fingerprint density at radius 1 is 1.39 bits per heavy atom. The van der Waals surface area contributed by atoms with Gasteiger partial charge in [0.25, 0.3) is 0 Å². The van der Waals surface area contributed by atoms with Crippen LogP contribution in [-0.2, 0) is 11.0 Å². The van der Waals surface area contributed by atoms with E-state index in [-0.39, 0.29) is 0 Å². The molecule has 0 unspecified atom stereocenters. The zero-order chi connectivity index (χ0) is 13.9. The average molecular weight is 259 g/mol. The second kappa shape index (κ2) is 5.24. The number of rotatable bonds is 3. The quantitative estimate of drug-likeness (QED) is 0.547. The summed E-state index contributed by atoms with van der Waals surface area (Å²) in [6.07, 6.45) is -4.02. The van der Waals surface area contributed by atoms with Crippen molar-refractivity contribution in [3.63, 3.8) is 0 Å². The van der Waals surface area contributed by atoms with Crippen molar-refractivity contribution in [1.82, 2.24) is 0 Å². The zero-order valence-corrected chi connectivity index (χ0v) is 9.03. The Bertz CT molecular complexity index is 474. The molecule has 3 N–H and O–H groups in total. The van der Waals surface area contributed by atoms with Gasteiger partial charge in [-0.1, -0.05) is 18.7 Å². The molecule has 4 nitrogen and oxygen atoms in total. The molecular weight excluding hydrogens is 250 g/mol. The first-order valence-corrected chi connectivity index (χ1v) is 4.77. The molecule has 1 aromatic rings. The van der Waals surface area contributed by atoms with Gasteiger partial charge >= 0.3 is 13.3 Å². The van der Waals surface area contributed by atoms with Gasteiger partial charge in [-0.05, 0) is 17.6 Å². The Hall–Kier alpha value is -1.80. The molecule has 18 heavy (non-hydrogen) atoms. The molecule has 0 spiro atoms. The summed E-state index contributed by atoms with van der Waals surface area (Å²) in [7, 11) is -2.29. The van der Waals surface area contributed by atoms with Crippen molar-refractivity contribution in [1.29, 1.82) is 0 Å². The maximum absolute atomic E-state index is 12.8. The minimum Gasteiger partial charge on any atom is -0.423 e. The van der Waals surface area contributed by atoms with Gasteiger partial charge in [-0.25, -0.2) is 0 Å². The highest BCUT2D eigenvalue weighted by molar-refractivity contribution is 6.59. The van der Waals surface area contributed by atoms with Crippen molar-refractivity contribution < 1.29 is 28.0 Å². The summed E-state index contributed by atoms with van der Waals surface area (Å²) in [6.45, 7) is 3.11. The number of benzene rings is 1. The van der Waals surface area contributed by atoms with Crippen molar-refractivity contribution >= 4 is 24.2 Å². The lowest BCUT2D eigenvalue weighted by atomic mass is 9.76. The van der Waals surface area contributed by atoms with Crippen LogP contribution < -0.4 is 10.8 Å². The highest BCUT2D eigenvalue weighted by atomic mass is 19.4. The standard InChI is InChI=1S/C10H9BF3NO3/c1-2-8(16)15-7-5-3-4-6(11(17)18)9(7)10(12,13)14/h2-5,17-18H,1H2,(H,15,16). The van der Waals surface area contributed by atoms with E-state index in [2.05, 4.69) is 6.58 Å². The van der Waals surface area contributed by atoms with Gasteiger partial charge in [-0.15, -0.1) is 0 Å². The topological polar surface area (TPSA) is 69.6 Å². The Balaban J connectivity index is 3.38. The van der Waals surface area contributed by atoms with Crippen molar-refractivity contribution in [2.45, 2.75) is 6.18 Å². The summed E-state index contributed by atoms with van der Waals surface area (Å²) in [5.41, 5.74) is -2.59. The molecule has 1 aromatic carbocycles. The smallest absolute Gasteiger partial charge is 0.423 e. The first-order chi connectivity index (χ1) is 8.27. The Labute approximate surface area is 101 Å². The summed E-state index contributed by atoms with van der Waals surface area (Å²) >= 11 is 0. The van der Waals surface area contributed by atoms with Gasteiger partial charge in [0.05, 0.1) is 11.3 Å². The van der Waals surface area contributed by atoms with Gasteiger partial charge in [0, 0.05) is 0 Å². The minimum atomic E-state index is -4.83. The number of alkyl halides is 3. The van der Waals surface area contributed by atoms with Gasteiger partial charge < -0.3 is 15.4 Å². The summed E-state index contributed by atoms with van der Waals surface area (Å²) in [5, 5.41) is 19.8. The predicted octanol–water partition coefficient (Wildman–Crippen LogP) is 0.510. The first kappa shape index (κ1) is 14.3. The van der Waals surface area contributed by atoms with Gasteiger partial charge in [0.15, 0.2) is 0 Å². The van der Waals surface area contributed by atoms with E-state index in [1.54, 1.807) is 0 Å². The maximum atomic E-state index is 12.8. The highest BCUT2D eigenvalue weighted by Gasteiger charge is 2.39. The summed E-state index contributed by atoms with van der Waals surface area (Å²) in [5.74, 6) is -0.829. The average Bonchev–Trinajstić information content (AvgIpc) is 2.26. The molecular formula is C10H9BF3NO3. The largest absolute Gasteiger partial charge is 0.489 e. The van der Waals surface area contributed by atoms with E-state index in [0.717, 1.165) is 18.2 Å². The highest BCUT2D eigenvalue weighted by Crippen LogP contribution is 2.33. The Morgan fingerprint density at radius 2 is 2.00 bits per heavy atom. The molecule has 0 aliphatic heterocycles. The zero-order valence-electron chi connectivity index (χ0n) is 9.03. The molecule has 96 valence electrons. The van der Waals surface area contributed by atoms with E-state index in [1.807, 2.05) is 5.32 Å². The molecule has 0 heterocycles. The monoisotopic (exact) mass is 259 g/mol. The van der Waals surface area contributed by atoms with Gasteiger partial charge in [0.2, 0.25) is 5.91 Å². The van der Waals surface area contributed by atoms with Gasteiger partial charge in [-0.3, -0.25) is 4.79 Å². The lowest BCUT2D eigenvalue weighted by Crippen LogP contribution is -2.37. The van der Waals surface area contributed by atoms with Crippen LogP contribution in [0.2, 0.25) is 0 Å². The van der Waals surface area contributed by atoms with Crippen molar-refractivity contribution in [3.8, 4) is 0 Å². The molecule has 0 saturated carbocycles. The SMILES string of the molecule is C=CC(=O)Nc1cccc(B(O)O)c1C(F)(F)F. The summed E-state index contributed by atoms with van der Waals surface area (Å²) in [4.78, 5) is 11.0. The number of nitrogens with one attached hydrogen (secondary N) is 1. The van der Waals surface area contributed by atoms with Crippen LogP contribution in [0, 0.1) is 0 Å². The van der Waals surface area contributed by atoms with Crippen molar-refractivity contribution in [3.05, 3.63) is 36.4 Å². The van der Waals surface area contributed by atoms with Crippen LogP contribution in [0.25, 0.3) is 0 Å². The number of amides is 1. The van der Waals surface area contributed by atoms with Crippen LogP contribution >= 0.6 is 0 Å². The molecule has 0 atom stereocenters.